The zero-order valence-corrected chi connectivity index (χ0v) is 21.6. The van der Waals surface area contributed by atoms with E-state index in [1.807, 2.05) is 11.0 Å². The van der Waals surface area contributed by atoms with Crippen molar-refractivity contribution < 1.29 is 22.4 Å². The third kappa shape index (κ3) is 4.51. The first-order valence-electron chi connectivity index (χ1n) is 13.0. The Bertz CT molecular complexity index is 1670. The van der Waals surface area contributed by atoms with Crippen LogP contribution < -0.4 is 10.9 Å². The molecule has 40 heavy (non-hydrogen) atoms. The highest BCUT2D eigenvalue weighted by molar-refractivity contribution is 6.02. The fraction of sp³-hybridized carbons (Fsp3) is 0.321. The molecule has 4 heterocycles. The van der Waals surface area contributed by atoms with Gasteiger partial charge < -0.3 is 25.1 Å². The number of piperidine rings is 1. The van der Waals surface area contributed by atoms with Crippen molar-refractivity contribution in [2.24, 2.45) is 0 Å². The average Bonchev–Trinajstić information content (AvgIpc) is 3.48. The third-order valence-corrected chi connectivity index (χ3v) is 7.76. The quantitative estimate of drug-likeness (QED) is 0.246. The van der Waals surface area contributed by atoms with Crippen LogP contribution in [0.5, 0.6) is 0 Å². The van der Waals surface area contributed by atoms with Crippen molar-refractivity contribution in [3.63, 3.8) is 0 Å². The molecule has 0 atom stereocenters. The molecule has 2 aromatic carbocycles. The molecule has 2 aliphatic rings. The summed E-state index contributed by atoms with van der Waals surface area (Å²) in [6.07, 6.45) is 2.87. The van der Waals surface area contributed by atoms with Crippen LogP contribution in [0.15, 0.2) is 35.3 Å². The number of pyridine rings is 1. The number of halogens is 4. The maximum atomic E-state index is 14.1. The molecule has 0 bridgehead atoms. The molecule has 8 nitrogen and oxygen atoms in total. The fourth-order valence-corrected chi connectivity index (χ4v) is 5.59. The van der Waals surface area contributed by atoms with Crippen molar-refractivity contribution in [2.45, 2.75) is 31.8 Å². The number of rotatable bonds is 6. The lowest BCUT2D eigenvalue weighted by Crippen LogP contribution is -2.43. The molecule has 0 spiro atoms. The summed E-state index contributed by atoms with van der Waals surface area (Å²) in [7, 11) is 2.08. The van der Waals surface area contributed by atoms with Gasteiger partial charge in [-0.15, -0.1) is 0 Å². The molecule has 12 heteroatoms. The van der Waals surface area contributed by atoms with Crippen LogP contribution in [0.4, 0.5) is 23.2 Å². The second-order valence-corrected chi connectivity index (χ2v) is 10.3. The summed E-state index contributed by atoms with van der Waals surface area (Å²) < 4.78 is 55.2. The number of nitrogens with one attached hydrogen (secondary N) is 3. The second-order valence-electron chi connectivity index (χ2n) is 10.3. The van der Waals surface area contributed by atoms with Crippen LogP contribution in [0.2, 0.25) is 0 Å². The summed E-state index contributed by atoms with van der Waals surface area (Å²) in [5.74, 6) is -5.66. The molecule has 208 valence electrons. The van der Waals surface area contributed by atoms with Crippen molar-refractivity contribution in [2.75, 3.05) is 32.0 Å². The molecule has 0 unspecified atom stereocenters. The van der Waals surface area contributed by atoms with Crippen LogP contribution in [0.1, 0.15) is 34.3 Å². The molecular weight excluding hydrogens is 528 g/mol. The van der Waals surface area contributed by atoms with Crippen molar-refractivity contribution >= 4 is 22.6 Å². The van der Waals surface area contributed by atoms with Crippen LogP contribution >= 0.6 is 0 Å². The Labute approximate surface area is 226 Å². The van der Waals surface area contributed by atoms with Crippen molar-refractivity contribution in [3.8, 4) is 11.4 Å². The monoisotopic (exact) mass is 554 g/mol. The van der Waals surface area contributed by atoms with E-state index in [9.17, 15) is 27.2 Å². The Morgan fingerprint density at radius 3 is 2.50 bits per heavy atom. The molecule has 1 amide bonds. The van der Waals surface area contributed by atoms with Crippen LogP contribution in [-0.4, -0.2) is 63.4 Å². The molecular formula is C28H26F4N6O2. The molecule has 0 saturated carbocycles. The zero-order valence-electron chi connectivity index (χ0n) is 21.6. The number of hydrogen-bond donors (Lipinski definition) is 3. The Kier molecular flexibility index (Phi) is 6.57. The predicted octanol–water partition coefficient (Wildman–Crippen LogP) is 4.18. The van der Waals surface area contributed by atoms with E-state index < -0.39 is 34.4 Å². The summed E-state index contributed by atoms with van der Waals surface area (Å²) in [6.45, 7) is 2.28. The molecule has 3 N–H and O–H groups in total. The van der Waals surface area contributed by atoms with Gasteiger partial charge in [-0.2, -0.15) is 0 Å². The van der Waals surface area contributed by atoms with Gasteiger partial charge in [0.25, 0.3) is 11.5 Å². The number of H-pyrrole nitrogens is 2. The predicted molar refractivity (Wildman–Crippen MR) is 141 cm³/mol. The number of benzene rings is 2. The number of imidazole rings is 1. The number of hydrogen-bond acceptors (Lipinski definition) is 5. The number of carbonyl (C=O) groups excluding carboxylic acids is 1. The van der Waals surface area contributed by atoms with Gasteiger partial charge in [0, 0.05) is 42.5 Å². The Morgan fingerprint density at radius 2 is 1.77 bits per heavy atom. The molecule has 6 rings (SSSR count). The van der Waals surface area contributed by atoms with E-state index in [4.69, 9.17) is 0 Å². The van der Waals surface area contributed by atoms with Gasteiger partial charge in [0.1, 0.15) is 11.4 Å². The molecule has 0 aliphatic carbocycles. The summed E-state index contributed by atoms with van der Waals surface area (Å²) in [5, 5.41) is 2.91. The van der Waals surface area contributed by atoms with Crippen LogP contribution in [0.25, 0.3) is 22.4 Å². The maximum absolute atomic E-state index is 14.1. The highest BCUT2D eigenvalue weighted by Crippen LogP contribution is 2.32. The van der Waals surface area contributed by atoms with E-state index >= 15 is 0 Å². The first-order chi connectivity index (χ1) is 19.2. The number of fused-ring (bicyclic) bond motifs is 2. The third-order valence-electron chi connectivity index (χ3n) is 7.76. The standard InChI is InChI=1S/C28H26F4N6O2/c1-37-8-4-15(5-9-37)38-13-14-10-21-22(11-17(14)28(38)40)36-26(35-21)23-20(3-7-34-27(23)39)33-6-2-16-24(31)18(29)12-19(30)25(16)32/h3,7,10-12,15H,2,4-6,8-9,13H2,1H3,(H,35,36)(H2,33,34,39). The van der Waals surface area contributed by atoms with Crippen molar-refractivity contribution in [1.82, 2.24) is 24.8 Å². The van der Waals surface area contributed by atoms with E-state index in [-0.39, 0.29) is 42.4 Å². The molecule has 1 fully saturated rings. The smallest absolute Gasteiger partial charge is 0.261 e. The van der Waals surface area contributed by atoms with E-state index in [1.54, 1.807) is 12.1 Å². The molecule has 2 aromatic heterocycles. The number of aromatic amines is 2. The lowest BCUT2D eigenvalue weighted by molar-refractivity contribution is 0.0617. The lowest BCUT2D eigenvalue weighted by atomic mass is 10.0. The summed E-state index contributed by atoms with van der Waals surface area (Å²) in [6, 6.07) is 5.51. The number of likely N-dealkylation sites (tertiary alicyclic amines) is 1. The van der Waals surface area contributed by atoms with Gasteiger partial charge in [0.15, 0.2) is 23.3 Å². The molecule has 4 aromatic rings. The second kappa shape index (κ2) is 10.1. The number of aromatic nitrogens is 3. The largest absolute Gasteiger partial charge is 0.384 e. The number of carbonyl (C=O) groups is 1. The molecule has 0 radical (unpaired) electrons. The van der Waals surface area contributed by atoms with E-state index in [0.29, 0.717) is 28.8 Å². The van der Waals surface area contributed by atoms with Gasteiger partial charge >= 0.3 is 0 Å². The van der Waals surface area contributed by atoms with Gasteiger partial charge in [-0.25, -0.2) is 22.5 Å². The van der Waals surface area contributed by atoms with Gasteiger partial charge in [0.05, 0.1) is 16.7 Å². The zero-order chi connectivity index (χ0) is 28.1. The maximum Gasteiger partial charge on any atom is 0.261 e. The SMILES string of the molecule is CN1CCC(N2Cc3cc4[nH]c(-c5c(NCCc6c(F)c(F)cc(F)c6F)cc[nH]c5=O)nc4cc3C2=O)CC1. The van der Waals surface area contributed by atoms with E-state index in [0.717, 1.165) is 31.5 Å². The first-order valence-corrected chi connectivity index (χ1v) is 13.0. The molecule has 2 aliphatic heterocycles. The van der Waals surface area contributed by atoms with Crippen LogP contribution in [0, 0.1) is 23.3 Å². The number of nitrogens with zero attached hydrogens (tertiary/aromatic N) is 3. The highest BCUT2D eigenvalue weighted by atomic mass is 19.2. The Hall–Kier alpha value is -4.19. The summed E-state index contributed by atoms with van der Waals surface area (Å²) in [5.41, 5.74) is 1.89. The van der Waals surface area contributed by atoms with Gasteiger partial charge in [-0.1, -0.05) is 0 Å². The fourth-order valence-electron chi connectivity index (χ4n) is 5.59. The number of anilines is 1. The van der Waals surface area contributed by atoms with Crippen LogP contribution in [-0.2, 0) is 13.0 Å². The van der Waals surface area contributed by atoms with Crippen LogP contribution in [0.3, 0.4) is 0 Å². The topological polar surface area (TPSA) is 97.1 Å². The van der Waals surface area contributed by atoms with Crippen molar-refractivity contribution in [3.05, 3.63) is 80.8 Å². The molecule has 1 saturated heterocycles. The van der Waals surface area contributed by atoms with Gasteiger partial charge in [-0.3, -0.25) is 9.59 Å². The summed E-state index contributed by atoms with van der Waals surface area (Å²) >= 11 is 0. The Morgan fingerprint density at radius 1 is 1.05 bits per heavy atom. The minimum absolute atomic E-state index is 0.0239. The average molecular weight is 555 g/mol. The first kappa shape index (κ1) is 26.1. The van der Waals surface area contributed by atoms with Gasteiger partial charge in [0.2, 0.25) is 0 Å². The van der Waals surface area contributed by atoms with Gasteiger partial charge in [-0.05, 0) is 63.2 Å². The lowest BCUT2D eigenvalue weighted by Gasteiger charge is -2.34. The number of amides is 1. The summed E-state index contributed by atoms with van der Waals surface area (Å²) in [4.78, 5) is 40.5. The minimum Gasteiger partial charge on any atom is -0.384 e. The highest BCUT2D eigenvalue weighted by Gasteiger charge is 2.34. The van der Waals surface area contributed by atoms with Crippen molar-refractivity contribution in [1.29, 1.82) is 0 Å². The normalized spacial score (nSPS) is 16.2. The minimum atomic E-state index is -1.48. The Balaban J connectivity index is 1.25. The van der Waals surface area contributed by atoms with E-state index in [2.05, 4.69) is 32.2 Å². The van der Waals surface area contributed by atoms with E-state index in [1.165, 1.54) is 6.20 Å².